The van der Waals surface area contributed by atoms with Crippen molar-refractivity contribution in [2.45, 2.75) is 57.5 Å². The Kier molecular flexibility index (Phi) is 5.37. The Morgan fingerprint density at radius 1 is 1.45 bits per heavy atom. The quantitative estimate of drug-likeness (QED) is 0.782. The number of aromatic nitrogens is 1. The van der Waals surface area contributed by atoms with Crippen LogP contribution in [0.5, 0.6) is 0 Å². The van der Waals surface area contributed by atoms with E-state index in [0.29, 0.717) is 11.7 Å². The molecule has 1 saturated carbocycles. The Hall–Kier alpha value is -1.14. The number of carbonyl (C=O) groups excluding carboxylic acids is 1. The van der Waals surface area contributed by atoms with Gasteiger partial charge < -0.3 is 10.4 Å². The normalized spacial score (nSPS) is 17.7. The van der Waals surface area contributed by atoms with E-state index in [-0.39, 0.29) is 6.03 Å². The fraction of sp³-hybridized carbons (Fsp3) is 0.714. The van der Waals surface area contributed by atoms with E-state index in [9.17, 15) is 9.90 Å². The molecule has 0 spiro atoms. The van der Waals surface area contributed by atoms with Gasteiger partial charge in [-0.1, -0.05) is 32.6 Å². The Bertz CT molecular complexity index is 441. The number of amides is 2. The maximum Gasteiger partial charge on any atom is 0.321 e. The van der Waals surface area contributed by atoms with Crippen LogP contribution in [0.3, 0.4) is 0 Å². The number of rotatable bonds is 5. The first kappa shape index (κ1) is 15.3. The summed E-state index contributed by atoms with van der Waals surface area (Å²) in [6.45, 7) is 2.43. The highest BCUT2D eigenvalue weighted by molar-refractivity contribution is 7.15. The van der Waals surface area contributed by atoms with Crippen LogP contribution >= 0.6 is 11.3 Å². The summed E-state index contributed by atoms with van der Waals surface area (Å²) in [5.74, 6) is 0. The Morgan fingerprint density at radius 3 is 2.90 bits per heavy atom. The standard InChI is InChI=1S/C14H23N3O2S/c1-2-6-11-9-15-13(20-11)17-12(18)16-10-14(19)7-4-3-5-8-14/h9,19H,2-8,10H2,1H3,(H2,15,16,17,18). The van der Waals surface area contributed by atoms with Gasteiger partial charge in [0, 0.05) is 17.6 Å². The van der Waals surface area contributed by atoms with Gasteiger partial charge in [-0.2, -0.15) is 0 Å². The molecule has 1 aliphatic carbocycles. The summed E-state index contributed by atoms with van der Waals surface area (Å²) >= 11 is 1.50. The van der Waals surface area contributed by atoms with E-state index in [1.54, 1.807) is 6.20 Å². The summed E-state index contributed by atoms with van der Waals surface area (Å²) in [5.41, 5.74) is -0.730. The van der Waals surface area contributed by atoms with Crippen molar-refractivity contribution >= 4 is 22.5 Å². The Morgan fingerprint density at radius 2 is 2.20 bits per heavy atom. The fourth-order valence-corrected chi connectivity index (χ4v) is 3.41. The molecule has 0 bridgehead atoms. The minimum Gasteiger partial charge on any atom is -0.388 e. The Labute approximate surface area is 123 Å². The van der Waals surface area contributed by atoms with Gasteiger partial charge in [0.25, 0.3) is 0 Å². The molecule has 5 nitrogen and oxygen atoms in total. The molecule has 1 heterocycles. The van der Waals surface area contributed by atoms with Crippen LogP contribution in [-0.4, -0.2) is 28.3 Å². The van der Waals surface area contributed by atoms with E-state index in [2.05, 4.69) is 22.5 Å². The lowest BCUT2D eigenvalue weighted by Crippen LogP contribution is -2.45. The van der Waals surface area contributed by atoms with Crippen LogP contribution in [0.15, 0.2) is 6.20 Å². The monoisotopic (exact) mass is 297 g/mol. The zero-order valence-corrected chi connectivity index (χ0v) is 12.8. The van der Waals surface area contributed by atoms with Crippen molar-refractivity contribution in [1.29, 1.82) is 0 Å². The summed E-state index contributed by atoms with van der Waals surface area (Å²) in [6, 6.07) is -0.290. The lowest BCUT2D eigenvalue weighted by Gasteiger charge is -2.31. The van der Waals surface area contributed by atoms with E-state index in [1.165, 1.54) is 22.6 Å². The second-order valence-electron chi connectivity index (χ2n) is 5.47. The zero-order chi connectivity index (χ0) is 14.4. The van der Waals surface area contributed by atoms with Gasteiger partial charge in [0.2, 0.25) is 0 Å². The molecular formula is C14H23N3O2S. The SMILES string of the molecule is CCCc1cnc(NC(=O)NCC2(O)CCCCC2)s1. The second-order valence-corrected chi connectivity index (χ2v) is 6.59. The van der Waals surface area contributed by atoms with Crippen LogP contribution in [-0.2, 0) is 6.42 Å². The molecule has 1 aromatic heterocycles. The van der Waals surface area contributed by atoms with E-state index < -0.39 is 5.60 Å². The number of hydrogen-bond donors (Lipinski definition) is 3. The molecule has 20 heavy (non-hydrogen) atoms. The third-order valence-corrected chi connectivity index (χ3v) is 4.61. The van der Waals surface area contributed by atoms with E-state index in [4.69, 9.17) is 0 Å². The number of aliphatic hydroxyl groups is 1. The molecule has 2 amide bonds. The predicted octanol–water partition coefficient (Wildman–Crippen LogP) is 2.91. The summed E-state index contributed by atoms with van der Waals surface area (Å²) in [5, 5.41) is 16.4. The smallest absolute Gasteiger partial charge is 0.321 e. The molecule has 0 radical (unpaired) electrons. The average molecular weight is 297 g/mol. The molecule has 112 valence electrons. The topological polar surface area (TPSA) is 74.2 Å². The minimum atomic E-state index is -0.730. The highest BCUT2D eigenvalue weighted by Gasteiger charge is 2.29. The largest absolute Gasteiger partial charge is 0.388 e. The van der Waals surface area contributed by atoms with Crippen molar-refractivity contribution in [3.8, 4) is 0 Å². The first-order valence-electron chi connectivity index (χ1n) is 7.33. The third-order valence-electron chi connectivity index (χ3n) is 3.63. The molecule has 6 heteroatoms. The van der Waals surface area contributed by atoms with E-state index in [1.807, 2.05) is 0 Å². The number of anilines is 1. The van der Waals surface area contributed by atoms with Crippen molar-refractivity contribution in [2.24, 2.45) is 0 Å². The number of nitrogens with zero attached hydrogens (tertiary/aromatic N) is 1. The molecule has 0 unspecified atom stereocenters. The van der Waals surface area contributed by atoms with Crippen molar-refractivity contribution in [3.63, 3.8) is 0 Å². The number of nitrogens with one attached hydrogen (secondary N) is 2. The van der Waals surface area contributed by atoms with E-state index >= 15 is 0 Å². The van der Waals surface area contributed by atoms with Crippen LogP contribution < -0.4 is 10.6 Å². The molecule has 1 aliphatic rings. The first-order valence-corrected chi connectivity index (χ1v) is 8.15. The molecule has 0 aromatic carbocycles. The molecular weight excluding hydrogens is 274 g/mol. The van der Waals surface area contributed by atoms with Gasteiger partial charge >= 0.3 is 6.03 Å². The van der Waals surface area contributed by atoms with Gasteiger partial charge in [0.1, 0.15) is 0 Å². The van der Waals surface area contributed by atoms with Gasteiger partial charge in [-0.25, -0.2) is 9.78 Å². The van der Waals surface area contributed by atoms with Crippen LogP contribution in [0.25, 0.3) is 0 Å². The highest BCUT2D eigenvalue weighted by atomic mass is 32.1. The summed E-state index contributed by atoms with van der Waals surface area (Å²) in [4.78, 5) is 17.1. The van der Waals surface area contributed by atoms with E-state index in [0.717, 1.165) is 38.5 Å². The number of aryl methyl sites for hydroxylation is 1. The van der Waals surface area contributed by atoms with Crippen molar-refractivity contribution in [1.82, 2.24) is 10.3 Å². The lowest BCUT2D eigenvalue weighted by molar-refractivity contribution is 0.00755. The van der Waals surface area contributed by atoms with Gasteiger partial charge in [-0.3, -0.25) is 5.32 Å². The summed E-state index contributed by atoms with van der Waals surface area (Å²) in [7, 11) is 0. The summed E-state index contributed by atoms with van der Waals surface area (Å²) in [6.07, 6.45) is 8.64. The highest BCUT2D eigenvalue weighted by Crippen LogP contribution is 2.27. The van der Waals surface area contributed by atoms with Crippen molar-refractivity contribution in [3.05, 3.63) is 11.1 Å². The van der Waals surface area contributed by atoms with Gasteiger partial charge in [0.05, 0.1) is 5.60 Å². The molecule has 3 N–H and O–H groups in total. The molecule has 0 aliphatic heterocycles. The molecule has 1 fully saturated rings. The number of carbonyl (C=O) groups is 1. The number of thiazole rings is 1. The van der Waals surface area contributed by atoms with Crippen molar-refractivity contribution < 1.29 is 9.90 Å². The van der Waals surface area contributed by atoms with Crippen LogP contribution in [0.2, 0.25) is 0 Å². The zero-order valence-electron chi connectivity index (χ0n) is 11.9. The first-order chi connectivity index (χ1) is 9.61. The molecule has 0 atom stereocenters. The maximum atomic E-state index is 11.8. The molecule has 0 saturated heterocycles. The van der Waals surface area contributed by atoms with Gasteiger partial charge in [-0.15, -0.1) is 11.3 Å². The third kappa shape index (κ3) is 4.45. The van der Waals surface area contributed by atoms with Gasteiger partial charge in [0.15, 0.2) is 5.13 Å². The fourth-order valence-electron chi connectivity index (χ4n) is 2.50. The predicted molar refractivity (Wildman–Crippen MR) is 81.2 cm³/mol. The Balaban J connectivity index is 1.76. The average Bonchev–Trinajstić information content (AvgIpc) is 2.85. The molecule has 1 aromatic rings. The van der Waals surface area contributed by atoms with Crippen molar-refractivity contribution in [2.75, 3.05) is 11.9 Å². The summed E-state index contributed by atoms with van der Waals surface area (Å²) < 4.78 is 0. The van der Waals surface area contributed by atoms with Crippen LogP contribution in [0.4, 0.5) is 9.93 Å². The number of hydrogen-bond acceptors (Lipinski definition) is 4. The van der Waals surface area contributed by atoms with Gasteiger partial charge in [-0.05, 0) is 19.3 Å². The minimum absolute atomic E-state index is 0.290. The van der Waals surface area contributed by atoms with Crippen LogP contribution in [0, 0.1) is 0 Å². The number of urea groups is 1. The lowest BCUT2D eigenvalue weighted by atomic mass is 9.85. The second kappa shape index (κ2) is 7.04. The molecule has 2 rings (SSSR count). The maximum absolute atomic E-state index is 11.8. The van der Waals surface area contributed by atoms with Crippen LogP contribution in [0.1, 0.15) is 50.3 Å².